The van der Waals surface area contributed by atoms with Gasteiger partial charge in [0.25, 0.3) is 5.56 Å². The first-order valence-electron chi connectivity index (χ1n) is 6.75. The van der Waals surface area contributed by atoms with Crippen molar-refractivity contribution in [3.05, 3.63) is 28.1 Å². The minimum Gasteiger partial charge on any atom is -0.298 e. The highest BCUT2D eigenvalue weighted by Crippen LogP contribution is 2.13. The van der Waals surface area contributed by atoms with Gasteiger partial charge in [0.05, 0.1) is 11.8 Å². The number of fused-ring (bicyclic) bond motifs is 1. The van der Waals surface area contributed by atoms with Gasteiger partial charge in [0.15, 0.2) is 0 Å². The molecular formula is C14H20N2OS. The van der Waals surface area contributed by atoms with Gasteiger partial charge < -0.3 is 0 Å². The number of thiophene rings is 1. The van der Waals surface area contributed by atoms with E-state index in [0.717, 1.165) is 23.2 Å². The predicted molar refractivity (Wildman–Crippen MR) is 77.3 cm³/mol. The molecule has 2 heterocycles. The SMILES string of the molecule is CCCCCCCCn1cnc2ccsc2c1=O. The fraction of sp³-hybridized carbons (Fsp3) is 0.571. The lowest BCUT2D eigenvalue weighted by molar-refractivity contribution is 0.548. The highest BCUT2D eigenvalue weighted by atomic mass is 32.1. The van der Waals surface area contributed by atoms with Gasteiger partial charge in [0.2, 0.25) is 0 Å². The molecule has 0 saturated heterocycles. The maximum atomic E-state index is 12.1. The summed E-state index contributed by atoms with van der Waals surface area (Å²) in [7, 11) is 0. The molecular weight excluding hydrogens is 244 g/mol. The summed E-state index contributed by atoms with van der Waals surface area (Å²) in [6, 6.07) is 1.90. The van der Waals surface area contributed by atoms with Gasteiger partial charge in [-0.2, -0.15) is 0 Å². The first kappa shape index (κ1) is 13.3. The summed E-state index contributed by atoms with van der Waals surface area (Å²) in [4.78, 5) is 16.4. The summed E-state index contributed by atoms with van der Waals surface area (Å²) in [5.41, 5.74) is 0.938. The zero-order valence-corrected chi connectivity index (χ0v) is 11.7. The Morgan fingerprint density at radius 1 is 1.22 bits per heavy atom. The Morgan fingerprint density at radius 2 is 2.00 bits per heavy atom. The number of nitrogens with zero attached hydrogens (tertiary/aromatic N) is 2. The smallest absolute Gasteiger partial charge is 0.271 e. The molecule has 2 aromatic heterocycles. The Hall–Kier alpha value is -1.16. The van der Waals surface area contributed by atoms with E-state index in [-0.39, 0.29) is 5.56 Å². The molecule has 0 radical (unpaired) electrons. The third-order valence-electron chi connectivity index (χ3n) is 3.19. The number of aryl methyl sites for hydroxylation is 1. The van der Waals surface area contributed by atoms with Crippen LogP contribution in [0.15, 0.2) is 22.6 Å². The molecule has 0 N–H and O–H groups in total. The largest absolute Gasteiger partial charge is 0.298 e. The van der Waals surface area contributed by atoms with Crippen molar-refractivity contribution in [3.8, 4) is 0 Å². The average molecular weight is 264 g/mol. The van der Waals surface area contributed by atoms with Crippen LogP contribution in [0.4, 0.5) is 0 Å². The third kappa shape index (κ3) is 3.19. The lowest BCUT2D eigenvalue weighted by Gasteiger charge is -2.04. The van der Waals surface area contributed by atoms with E-state index in [9.17, 15) is 4.79 Å². The van der Waals surface area contributed by atoms with E-state index in [1.54, 1.807) is 10.9 Å². The van der Waals surface area contributed by atoms with Gasteiger partial charge in [-0.15, -0.1) is 11.3 Å². The molecule has 0 aliphatic rings. The van der Waals surface area contributed by atoms with Gasteiger partial charge in [-0.3, -0.25) is 9.36 Å². The van der Waals surface area contributed by atoms with Crippen LogP contribution in [0.3, 0.4) is 0 Å². The number of rotatable bonds is 7. The molecule has 3 nitrogen and oxygen atoms in total. The molecule has 0 spiro atoms. The Kier molecular flexibility index (Phi) is 4.93. The third-order valence-corrected chi connectivity index (χ3v) is 4.08. The van der Waals surface area contributed by atoms with Gasteiger partial charge in [-0.1, -0.05) is 39.0 Å². The van der Waals surface area contributed by atoms with Gasteiger partial charge >= 0.3 is 0 Å². The molecule has 0 bridgehead atoms. The second-order valence-electron chi connectivity index (χ2n) is 4.65. The zero-order chi connectivity index (χ0) is 12.8. The fourth-order valence-corrected chi connectivity index (χ4v) is 2.89. The molecule has 0 aromatic carbocycles. The van der Waals surface area contributed by atoms with Crippen molar-refractivity contribution in [1.29, 1.82) is 0 Å². The zero-order valence-electron chi connectivity index (χ0n) is 10.9. The molecule has 0 fully saturated rings. The maximum absolute atomic E-state index is 12.1. The molecule has 0 aliphatic carbocycles. The van der Waals surface area contributed by atoms with Crippen LogP contribution in [0.5, 0.6) is 0 Å². The van der Waals surface area contributed by atoms with Crippen LogP contribution in [0.25, 0.3) is 10.2 Å². The molecule has 0 unspecified atom stereocenters. The van der Waals surface area contributed by atoms with Crippen LogP contribution in [0.1, 0.15) is 45.4 Å². The number of hydrogen-bond acceptors (Lipinski definition) is 3. The number of hydrogen-bond donors (Lipinski definition) is 0. The Morgan fingerprint density at radius 3 is 2.83 bits per heavy atom. The van der Waals surface area contributed by atoms with Crippen LogP contribution >= 0.6 is 11.3 Å². The fourth-order valence-electron chi connectivity index (χ4n) is 2.10. The van der Waals surface area contributed by atoms with Gasteiger partial charge in [0.1, 0.15) is 4.70 Å². The van der Waals surface area contributed by atoms with Gasteiger partial charge in [0, 0.05) is 6.54 Å². The Balaban J connectivity index is 1.88. The van der Waals surface area contributed by atoms with E-state index in [2.05, 4.69) is 11.9 Å². The summed E-state index contributed by atoms with van der Waals surface area (Å²) in [6.45, 7) is 3.02. The summed E-state index contributed by atoms with van der Waals surface area (Å²) in [5.74, 6) is 0. The first-order valence-corrected chi connectivity index (χ1v) is 7.63. The van der Waals surface area contributed by atoms with E-state index in [1.807, 2.05) is 11.4 Å². The van der Waals surface area contributed by atoms with Crippen molar-refractivity contribution in [2.45, 2.75) is 52.0 Å². The molecule has 0 aliphatic heterocycles. The van der Waals surface area contributed by atoms with Crippen LogP contribution in [0, 0.1) is 0 Å². The predicted octanol–water partition coefficient (Wildman–Crippen LogP) is 3.82. The maximum Gasteiger partial charge on any atom is 0.271 e. The molecule has 18 heavy (non-hydrogen) atoms. The summed E-state index contributed by atoms with van der Waals surface area (Å²) in [5, 5.41) is 1.92. The van der Waals surface area contributed by atoms with Crippen molar-refractivity contribution < 1.29 is 0 Å². The van der Waals surface area contributed by atoms with Crippen molar-refractivity contribution in [3.63, 3.8) is 0 Å². The highest BCUT2D eigenvalue weighted by Gasteiger charge is 2.04. The molecule has 0 atom stereocenters. The van der Waals surface area contributed by atoms with E-state index in [4.69, 9.17) is 0 Å². The number of unbranched alkanes of at least 4 members (excludes halogenated alkanes) is 5. The second kappa shape index (κ2) is 6.69. The average Bonchev–Trinajstić information content (AvgIpc) is 2.85. The molecule has 2 aromatic rings. The van der Waals surface area contributed by atoms with Crippen molar-refractivity contribution in [1.82, 2.24) is 9.55 Å². The van der Waals surface area contributed by atoms with E-state index in [0.29, 0.717) is 0 Å². The molecule has 98 valence electrons. The topological polar surface area (TPSA) is 34.9 Å². The van der Waals surface area contributed by atoms with Gasteiger partial charge in [-0.25, -0.2) is 4.98 Å². The van der Waals surface area contributed by atoms with E-state index >= 15 is 0 Å². The Labute approximate surface area is 111 Å². The lowest BCUT2D eigenvalue weighted by Crippen LogP contribution is -2.19. The summed E-state index contributed by atoms with van der Waals surface area (Å²) >= 11 is 1.48. The minimum atomic E-state index is 0.114. The van der Waals surface area contributed by atoms with Crippen LogP contribution in [-0.4, -0.2) is 9.55 Å². The molecule has 0 saturated carbocycles. The number of aromatic nitrogens is 2. The normalized spacial score (nSPS) is 11.2. The quantitative estimate of drug-likeness (QED) is 0.713. The van der Waals surface area contributed by atoms with Crippen LogP contribution in [-0.2, 0) is 6.54 Å². The summed E-state index contributed by atoms with van der Waals surface area (Å²) < 4.78 is 2.53. The molecule has 0 amide bonds. The standard InChI is InChI=1S/C14H20N2OS/c1-2-3-4-5-6-7-9-16-11-15-12-8-10-18-13(12)14(16)17/h8,10-11H,2-7,9H2,1H3. The van der Waals surface area contributed by atoms with Crippen LogP contribution in [0.2, 0.25) is 0 Å². The molecule has 2 rings (SSSR count). The van der Waals surface area contributed by atoms with Crippen molar-refractivity contribution in [2.75, 3.05) is 0 Å². The van der Waals surface area contributed by atoms with Gasteiger partial charge in [-0.05, 0) is 17.9 Å². The second-order valence-corrected chi connectivity index (χ2v) is 5.56. The molecule has 4 heteroatoms. The minimum absolute atomic E-state index is 0.114. The lowest BCUT2D eigenvalue weighted by atomic mass is 10.1. The van der Waals surface area contributed by atoms with E-state index in [1.165, 1.54) is 43.4 Å². The summed E-state index contributed by atoms with van der Waals surface area (Å²) in [6.07, 6.45) is 9.15. The van der Waals surface area contributed by atoms with Crippen molar-refractivity contribution >= 4 is 21.6 Å². The monoisotopic (exact) mass is 264 g/mol. The van der Waals surface area contributed by atoms with Crippen molar-refractivity contribution in [2.24, 2.45) is 0 Å². The first-order chi connectivity index (χ1) is 8.83. The van der Waals surface area contributed by atoms with E-state index < -0.39 is 0 Å². The highest BCUT2D eigenvalue weighted by molar-refractivity contribution is 7.17. The van der Waals surface area contributed by atoms with Crippen LogP contribution < -0.4 is 5.56 Å². The Bertz CT molecular complexity index is 544.